The third-order valence-electron chi connectivity index (χ3n) is 6.35. The molecule has 0 spiro atoms. The predicted molar refractivity (Wildman–Crippen MR) is 145 cm³/mol. The minimum absolute atomic E-state index is 0.0843. The van der Waals surface area contributed by atoms with Crippen LogP contribution < -0.4 is 5.73 Å². The van der Waals surface area contributed by atoms with E-state index in [-0.39, 0.29) is 25.6 Å². The van der Waals surface area contributed by atoms with Gasteiger partial charge in [0.05, 0.1) is 31.4 Å². The van der Waals surface area contributed by atoms with Gasteiger partial charge in [-0.05, 0) is 42.3 Å². The van der Waals surface area contributed by atoms with Crippen LogP contribution in [0.25, 0.3) is 11.0 Å². The molecule has 1 aliphatic heterocycles. The van der Waals surface area contributed by atoms with Gasteiger partial charge in [0.15, 0.2) is 11.9 Å². The minimum Gasteiger partial charge on any atom is -0.383 e. The summed E-state index contributed by atoms with van der Waals surface area (Å²) in [5.41, 5.74) is 6.30. The molecular weight excluding hydrogens is 576 g/mol. The molecule has 0 bridgehead atoms. The third kappa shape index (κ3) is 5.43. The molecule has 4 atom stereocenters. The van der Waals surface area contributed by atoms with Crippen LogP contribution in [0.1, 0.15) is 24.3 Å². The summed E-state index contributed by atoms with van der Waals surface area (Å²) in [4.78, 5) is 8.28. The van der Waals surface area contributed by atoms with Gasteiger partial charge in [-0.1, -0.05) is 58.5 Å². The zero-order chi connectivity index (χ0) is 27.0. The first-order valence-corrected chi connectivity index (χ1v) is 13.0. The average Bonchev–Trinajstić information content (AvgIpc) is 3.39. The van der Waals surface area contributed by atoms with Crippen molar-refractivity contribution in [2.24, 2.45) is 0 Å². The predicted octanol–water partition coefficient (Wildman–Crippen LogP) is 5.47. The Labute approximate surface area is 238 Å². The Kier molecular flexibility index (Phi) is 8.00. The second-order valence-electron chi connectivity index (χ2n) is 9.06. The molecular formula is C25H23Cl4N5O4. The fourth-order valence-corrected chi connectivity index (χ4v) is 5.32. The molecule has 38 heavy (non-hydrogen) atoms. The van der Waals surface area contributed by atoms with Crippen molar-refractivity contribution in [3.63, 3.8) is 0 Å². The van der Waals surface area contributed by atoms with Gasteiger partial charge in [-0.15, -0.1) is 0 Å². The summed E-state index contributed by atoms with van der Waals surface area (Å²) in [5.74, 6) is 0.267. The van der Waals surface area contributed by atoms with Crippen molar-refractivity contribution in [3.8, 4) is 0 Å². The maximum absolute atomic E-state index is 11.7. The van der Waals surface area contributed by atoms with Gasteiger partial charge < -0.3 is 25.1 Å². The van der Waals surface area contributed by atoms with Gasteiger partial charge in [-0.3, -0.25) is 0 Å². The molecule has 0 saturated carbocycles. The Morgan fingerprint density at radius 2 is 1.68 bits per heavy atom. The first-order chi connectivity index (χ1) is 18.1. The van der Waals surface area contributed by atoms with Gasteiger partial charge in [0.25, 0.3) is 0 Å². The molecule has 13 heteroatoms. The second-order valence-corrected chi connectivity index (χ2v) is 10.7. The molecule has 1 unspecified atom stereocenters. The molecule has 2 aromatic heterocycles. The van der Waals surface area contributed by atoms with Crippen LogP contribution in [0.3, 0.4) is 0 Å². The molecule has 0 radical (unpaired) electrons. The molecule has 3 N–H and O–H groups in total. The van der Waals surface area contributed by atoms with E-state index in [4.69, 9.17) is 66.3 Å². The molecule has 1 aliphatic rings. The standard InChI is InChI=1S/C25H23Cl4N5O4/c1-25(35)21(37-10-14-3-5-16(27)7-19(14)29)20(11-36-9-13-2-4-15(26)6-18(13)28)38-24(25)34-23-17(8-33-34)22(30)31-12-32-23/h2-8,12,20-21,24,35H,9-11H2,1H3,(H2,30,31,32)/t20-,21-,24?,25-/m1/s1. The van der Waals surface area contributed by atoms with Crippen LogP contribution >= 0.6 is 46.4 Å². The minimum atomic E-state index is -1.55. The van der Waals surface area contributed by atoms with Crippen molar-refractivity contribution < 1.29 is 19.3 Å². The normalized spacial score (nSPS) is 23.4. The molecule has 1 fully saturated rings. The van der Waals surface area contributed by atoms with Gasteiger partial charge in [-0.2, -0.15) is 5.10 Å². The third-order valence-corrected chi connectivity index (χ3v) is 7.52. The van der Waals surface area contributed by atoms with Crippen molar-refractivity contribution in [2.45, 2.75) is 44.2 Å². The van der Waals surface area contributed by atoms with Crippen LogP contribution in [0, 0.1) is 0 Å². The van der Waals surface area contributed by atoms with Crippen LogP contribution in [-0.4, -0.2) is 49.3 Å². The number of benzene rings is 2. The Hall–Kier alpha value is -2.21. The van der Waals surface area contributed by atoms with E-state index in [0.717, 1.165) is 5.56 Å². The van der Waals surface area contributed by atoms with Crippen molar-refractivity contribution in [3.05, 3.63) is 80.1 Å². The Morgan fingerprint density at radius 3 is 2.34 bits per heavy atom. The fraction of sp³-hybridized carbons (Fsp3) is 0.320. The largest absolute Gasteiger partial charge is 0.383 e. The molecule has 1 saturated heterocycles. The number of hydrogen-bond donors (Lipinski definition) is 2. The number of nitrogen functional groups attached to an aromatic ring is 1. The topological polar surface area (TPSA) is 118 Å². The molecule has 9 nitrogen and oxygen atoms in total. The van der Waals surface area contributed by atoms with Gasteiger partial charge >= 0.3 is 0 Å². The van der Waals surface area contributed by atoms with Crippen LogP contribution in [0.2, 0.25) is 20.1 Å². The number of anilines is 1. The Balaban J connectivity index is 1.40. The number of rotatable bonds is 8. The highest BCUT2D eigenvalue weighted by Gasteiger charge is 2.55. The van der Waals surface area contributed by atoms with Crippen molar-refractivity contribution in [1.29, 1.82) is 0 Å². The molecule has 0 amide bonds. The summed E-state index contributed by atoms with van der Waals surface area (Å²) in [6.07, 6.45) is 0.364. The van der Waals surface area contributed by atoms with Crippen LogP contribution in [0.5, 0.6) is 0 Å². The van der Waals surface area contributed by atoms with E-state index in [0.29, 0.717) is 36.7 Å². The van der Waals surface area contributed by atoms with Crippen molar-refractivity contribution in [1.82, 2.24) is 19.7 Å². The summed E-state index contributed by atoms with van der Waals surface area (Å²) in [5, 5.41) is 18.6. The first kappa shape index (κ1) is 27.4. The van der Waals surface area contributed by atoms with Gasteiger partial charge in [0, 0.05) is 20.1 Å². The summed E-state index contributed by atoms with van der Waals surface area (Å²) in [7, 11) is 0. The monoisotopic (exact) mass is 597 g/mol. The highest BCUT2D eigenvalue weighted by atomic mass is 35.5. The number of halogens is 4. The lowest BCUT2D eigenvalue weighted by molar-refractivity contribution is -0.116. The molecule has 200 valence electrons. The number of hydrogen-bond acceptors (Lipinski definition) is 8. The fourth-order valence-electron chi connectivity index (χ4n) is 4.39. The summed E-state index contributed by atoms with van der Waals surface area (Å²) in [6.45, 7) is 2.00. The summed E-state index contributed by atoms with van der Waals surface area (Å²) in [6, 6.07) is 10.3. The average molecular weight is 599 g/mol. The van der Waals surface area contributed by atoms with Crippen molar-refractivity contribution >= 4 is 63.3 Å². The van der Waals surface area contributed by atoms with Gasteiger partial charge in [-0.25, -0.2) is 14.6 Å². The molecule has 0 aliphatic carbocycles. The van der Waals surface area contributed by atoms with Crippen molar-refractivity contribution in [2.75, 3.05) is 12.3 Å². The lowest BCUT2D eigenvalue weighted by Crippen LogP contribution is -2.46. The SMILES string of the molecule is C[C@]1(O)C(n2ncc3c(N)ncnc32)O[C@H](COCc2ccc(Cl)cc2Cl)[C@H]1OCc1ccc(Cl)cc1Cl. The van der Waals surface area contributed by atoms with Crippen LogP contribution in [0.4, 0.5) is 5.82 Å². The zero-order valence-corrected chi connectivity index (χ0v) is 23.0. The number of ether oxygens (including phenoxy) is 3. The van der Waals surface area contributed by atoms with Crippen LogP contribution in [-0.2, 0) is 27.4 Å². The maximum Gasteiger partial charge on any atom is 0.183 e. The summed E-state index contributed by atoms with van der Waals surface area (Å²) < 4.78 is 19.9. The maximum atomic E-state index is 11.7. The van der Waals surface area contributed by atoms with E-state index in [9.17, 15) is 5.11 Å². The lowest BCUT2D eigenvalue weighted by atomic mass is 9.96. The van der Waals surface area contributed by atoms with E-state index in [2.05, 4.69) is 15.1 Å². The Morgan fingerprint density at radius 1 is 1.03 bits per heavy atom. The van der Waals surface area contributed by atoms with E-state index >= 15 is 0 Å². The highest BCUT2D eigenvalue weighted by molar-refractivity contribution is 6.35. The molecule has 4 aromatic rings. The zero-order valence-electron chi connectivity index (χ0n) is 20.0. The molecule has 3 heterocycles. The number of nitrogens with zero attached hydrogens (tertiary/aromatic N) is 4. The lowest BCUT2D eigenvalue weighted by Gasteiger charge is -2.30. The van der Waals surface area contributed by atoms with E-state index in [1.165, 1.54) is 17.2 Å². The highest BCUT2D eigenvalue weighted by Crippen LogP contribution is 2.42. The van der Waals surface area contributed by atoms with Gasteiger partial charge in [0.1, 0.15) is 30.0 Å². The van der Waals surface area contributed by atoms with E-state index < -0.39 is 24.0 Å². The number of nitrogens with two attached hydrogens (primary N) is 1. The first-order valence-electron chi connectivity index (χ1n) is 11.5. The number of aromatic nitrogens is 4. The van der Waals surface area contributed by atoms with E-state index in [1.807, 2.05) is 0 Å². The van der Waals surface area contributed by atoms with Crippen LogP contribution in [0.15, 0.2) is 48.9 Å². The van der Waals surface area contributed by atoms with E-state index in [1.54, 1.807) is 43.3 Å². The summed E-state index contributed by atoms with van der Waals surface area (Å²) >= 11 is 24.7. The smallest absolute Gasteiger partial charge is 0.183 e. The quantitative estimate of drug-likeness (QED) is 0.274. The number of aliphatic hydroxyl groups is 1. The van der Waals surface area contributed by atoms with Gasteiger partial charge in [0.2, 0.25) is 0 Å². The number of fused-ring (bicyclic) bond motifs is 1. The second kappa shape index (κ2) is 11.1. The Bertz CT molecular complexity index is 1470. The molecule has 5 rings (SSSR count). The molecule has 2 aromatic carbocycles.